The minimum absolute atomic E-state index is 0.0648. The SMILES string of the molecule is OCC(O)C1CC1. The van der Waals surface area contributed by atoms with Crippen LogP contribution in [0.4, 0.5) is 0 Å². The van der Waals surface area contributed by atoms with Crippen LogP contribution in [-0.2, 0) is 0 Å². The van der Waals surface area contributed by atoms with Crippen molar-refractivity contribution in [3.63, 3.8) is 0 Å². The van der Waals surface area contributed by atoms with Gasteiger partial charge in [-0.15, -0.1) is 0 Å². The van der Waals surface area contributed by atoms with Crippen LogP contribution in [0.25, 0.3) is 0 Å². The molecule has 0 aliphatic heterocycles. The average molecular weight is 102 g/mol. The molecule has 0 amide bonds. The molecule has 0 heterocycles. The van der Waals surface area contributed by atoms with Crippen LogP contribution < -0.4 is 0 Å². The van der Waals surface area contributed by atoms with Crippen molar-refractivity contribution in [2.75, 3.05) is 6.61 Å². The van der Waals surface area contributed by atoms with E-state index in [9.17, 15) is 0 Å². The number of aliphatic hydroxyl groups excluding tert-OH is 2. The molecule has 7 heavy (non-hydrogen) atoms. The van der Waals surface area contributed by atoms with E-state index in [1.54, 1.807) is 0 Å². The van der Waals surface area contributed by atoms with Crippen LogP contribution in [0.2, 0.25) is 0 Å². The van der Waals surface area contributed by atoms with Crippen LogP contribution in [0.15, 0.2) is 0 Å². The standard InChI is InChI=1S/C5H10O2/c6-3-5(7)4-1-2-4/h4-7H,1-3H2. The summed E-state index contributed by atoms with van der Waals surface area (Å²) in [7, 11) is 0. The van der Waals surface area contributed by atoms with E-state index in [0.717, 1.165) is 12.8 Å². The predicted molar refractivity (Wildman–Crippen MR) is 25.8 cm³/mol. The molecule has 0 radical (unpaired) electrons. The predicted octanol–water partition coefficient (Wildman–Crippen LogP) is -0.250. The summed E-state index contributed by atoms with van der Waals surface area (Å²) in [4.78, 5) is 0. The number of hydrogen-bond donors (Lipinski definition) is 2. The summed E-state index contributed by atoms with van der Waals surface area (Å²) < 4.78 is 0. The molecule has 2 heteroatoms. The highest BCUT2D eigenvalue weighted by molar-refractivity contribution is 4.79. The maximum Gasteiger partial charge on any atom is 0.0799 e. The van der Waals surface area contributed by atoms with Gasteiger partial charge in [-0.3, -0.25) is 0 Å². The van der Waals surface area contributed by atoms with Gasteiger partial charge >= 0.3 is 0 Å². The molecule has 0 aromatic carbocycles. The molecule has 1 aliphatic carbocycles. The van der Waals surface area contributed by atoms with Gasteiger partial charge in [0.15, 0.2) is 0 Å². The van der Waals surface area contributed by atoms with Crippen LogP contribution in [0.1, 0.15) is 12.8 Å². The van der Waals surface area contributed by atoms with Crippen molar-refractivity contribution in [2.45, 2.75) is 18.9 Å². The first kappa shape index (κ1) is 5.06. The Morgan fingerprint density at radius 1 is 1.57 bits per heavy atom. The van der Waals surface area contributed by atoms with Gasteiger partial charge in [-0.2, -0.15) is 0 Å². The van der Waals surface area contributed by atoms with Crippen molar-refractivity contribution < 1.29 is 10.2 Å². The summed E-state index contributed by atoms with van der Waals surface area (Å²) in [5.41, 5.74) is 0. The third-order valence-electron chi connectivity index (χ3n) is 1.35. The monoisotopic (exact) mass is 102 g/mol. The molecule has 0 bridgehead atoms. The smallest absolute Gasteiger partial charge is 0.0799 e. The molecular weight excluding hydrogens is 92.1 g/mol. The van der Waals surface area contributed by atoms with Gasteiger partial charge in [-0.05, 0) is 18.8 Å². The third kappa shape index (κ3) is 1.14. The van der Waals surface area contributed by atoms with E-state index in [4.69, 9.17) is 10.2 Å². The Labute approximate surface area is 42.8 Å². The zero-order chi connectivity index (χ0) is 5.28. The van der Waals surface area contributed by atoms with Gasteiger partial charge < -0.3 is 10.2 Å². The number of aliphatic hydroxyl groups is 2. The van der Waals surface area contributed by atoms with Crippen LogP contribution in [0, 0.1) is 5.92 Å². The van der Waals surface area contributed by atoms with E-state index in [2.05, 4.69) is 0 Å². The van der Waals surface area contributed by atoms with Gasteiger partial charge in [0, 0.05) is 0 Å². The van der Waals surface area contributed by atoms with E-state index in [1.807, 2.05) is 0 Å². The second-order valence-electron chi connectivity index (χ2n) is 2.09. The Morgan fingerprint density at radius 3 is 2.29 bits per heavy atom. The van der Waals surface area contributed by atoms with Crippen LogP contribution in [0.3, 0.4) is 0 Å². The topological polar surface area (TPSA) is 40.5 Å². The Balaban J connectivity index is 2.10. The molecule has 0 spiro atoms. The zero-order valence-corrected chi connectivity index (χ0v) is 4.17. The van der Waals surface area contributed by atoms with Crippen molar-refractivity contribution in [3.05, 3.63) is 0 Å². The Bertz CT molecular complexity index is 59.1. The molecule has 1 atom stereocenters. The number of rotatable bonds is 2. The molecule has 0 aromatic rings. The van der Waals surface area contributed by atoms with Crippen LogP contribution in [0.5, 0.6) is 0 Å². The summed E-state index contributed by atoms with van der Waals surface area (Å²) >= 11 is 0. The van der Waals surface area contributed by atoms with Crippen molar-refractivity contribution in [3.8, 4) is 0 Å². The lowest BCUT2D eigenvalue weighted by atomic mass is 10.2. The van der Waals surface area contributed by atoms with Gasteiger partial charge in [0.25, 0.3) is 0 Å². The van der Waals surface area contributed by atoms with Gasteiger partial charge in [0.05, 0.1) is 12.7 Å². The Morgan fingerprint density at radius 2 is 2.14 bits per heavy atom. The maximum absolute atomic E-state index is 8.75. The Kier molecular flexibility index (Phi) is 1.30. The Hall–Kier alpha value is -0.0800. The summed E-state index contributed by atoms with van der Waals surface area (Å²) in [6, 6.07) is 0. The minimum Gasteiger partial charge on any atom is -0.394 e. The van der Waals surface area contributed by atoms with E-state index in [0.29, 0.717) is 5.92 Å². The van der Waals surface area contributed by atoms with Crippen molar-refractivity contribution in [1.29, 1.82) is 0 Å². The summed E-state index contributed by atoms with van der Waals surface area (Å²) in [5.74, 6) is 0.421. The fraction of sp³-hybridized carbons (Fsp3) is 1.00. The molecule has 1 aliphatic rings. The fourth-order valence-electron chi connectivity index (χ4n) is 0.630. The second kappa shape index (κ2) is 1.80. The maximum atomic E-state index is 8.75. The van der Waals surface area contributed by atoms with E-state index >= 15 is 0 Å². The first-order valence-corrected chi connectivity index (χ1v) is 2.63. The quantitative estimate of drug-likeness (QED) is 0.504. The third-order valence-corrected chi connectivity index (χ3v) is 1.35. The molecule has 2 nitrogen and oxygen atoms in total. The summed E-state index contributed by atoms with van der Waals surface area (Å²) in [6.07, 6.45) is 1.77. The lowest BCUT2D eigenvalue weighted by Crippen LogP contribution is -2.13. The minimum atomic E-state index is -0.431. The molecule has 0 aromatic heterocycles. The molecule has 1 unspecified atom stereocenters. The normalized spacial score (nSPS) is 24.9. The second-order valence-corrected chi connectivity index (χ2v) is 2.09. The summed E-state index contributed by atoms with van der Waals surface area (Å²) in [6.45, 7) is -0.0648. The largest absolute Gasteiger partial charge is 0.394 e. The zero-order valence-electron chi connectivity index (χ0n) is 4.17. The van der Waals surface area contributed by atoms with Crippen molar-refractivity contribution >= 4 is 0 Å². The highest BCUT2D eigenvalue weighted by Gasteiger charge is 2.28. The summed E-state index contributed by atoms with van der Waals surface area (Å²) in [5, 5.41) is 17.0. The van der Waals surface area contributed by atoms with Gasteiger partial charge in [0.2, 0.25) is 0 Å². The van der Waals surface area contributed by atoms with Crippen LogP contribution >= 0.6 is 0 Å². The molecule has 0 saturated heterocycles. The van der Waals surface area contributed by atoms with Crippen LogP contribution in [-0.4, -0.2) is 22.9 Å². The first-order chi connectivity index (χ1) is 3.34. The van der Waals surface area contributed by atoms with Gasteiger partial charge in [-0.1, -0.05) is 0 Å². The molecule has 42 valence electrons. The van der Waals surface area contributed by atoms with Gasteiger partial charge in [-0.25, -0.2) is 0 Å². The molecular formula is C5H10O2. The first-order valence-electron chi connectivity index (χ1n) is 2.63. The van der Waals surface area contributed by atoms with Crippen molar-refractivity contribution in [2.24, 2.45) is 5.92 Å². The van der Waals surface area contributed by atoms with E-state index < -0.39 is 6.10 Å². The fourth-order valence-corrected chi connectivity index (χ4v) is 0.630. The lowest BCUT2D eigenvalue weighted by Gasteiger charge is -2.00. The molecule has 2 N–H and O–H groups in total. The average Bonchev–Trinajstić information content (AvgIpc) is 2.44. The highest BCUT2D eigenvalue weighted by atomic mass is 16.3. The van der Waals surface area contributed by atoms with E-state index in [1.165, 1.54) is 0 Å². The highest BCUT2D eigenvalue weighted by Crippen LogP contribution is 2.31. The molecule has 1 fully saturated rings. The molecule has 1 saturated carbocycles. The number of hydrogen-bond acceptors (Lipinski definition) is 2. The van der Waals surface area contributed by atoms with E-state index in [-0.39, 0.29) is 6.61 Å². The van der Waals surface area contributed by atoms with Crippen molar-refractivity contribution in [1.82, 2.24) is 0 Å². The van der Waals surface area contributed by atoms with Gasteiger partial charge in [0.1, 0.15) is 0 Å². The molecule has 1 rings (SSSR count). The lowest BCUT2D eigenvalue weighted by molar-refractivity contribution is 0.0781.